The molecule has 1 saturated heterocycles. The van der Waals surface area contributed by atoms with E-state index in [9.17, 15) is 14.0 Å². The summed E-state index contributed by atoms with van der Waals surface area (Å²) in [5.74, 6) is -0.574. The molecule has 4 N–H and O–H groups in total. The maximum absolute atomic E-state index is 15.0. The summed E-state index contributed by atoms with van der Waals surface area (Å²) in [7, 11) is 1.82. The molecule has 9 heteroatoms. The lowest BCUT2D eigenvalue weighted by atomic mass is 9.76. The van der Waals surface area contributed by atoms with Crippen LogP contribution in [-0.4, -0.2) is 63.1 Å². The Morgan fingerprint density at radius 1 is 1.00 bits per heavy atom. The summed E-state index contributed by atoms with van der Waals surface area (Å²) in [5, 5.41) is 5.00. The van der Waals surface area contributed by atoms with E-state index in [1.165, 1.54) is 12.1 Å². The molecular weight excluding hydrogens is 423 g/mol. The SMILES string of the molecule is Cn1nc(N)c2cc(-c3ccc(C(=O)N4CCN(C(=O)C5(N)CCC5)CC4)c(F)c3)ccc21. The summed E-state index contributed by atoms with van der Waals surface area (Å²) < 4.78 is 16.7. The Morgan fingerprint density at radius 3 is 2.27 bits per heavy atom. The number of aryl methyl sites for hydroxylation is 1. The summed E-state index contributed by atoms with van der Waals surface area (Å²) in [6.45, 7) is 1.54. The molecule has 0 unspecified atom stereocenters. The molecule has 0 atom stereocenters. The Bertz CT molecular complexity index is 1260. The van der Waals surface area contributed by atoms with Gasteiger partial charge in [-0.15, -0.1) is 0 Å². The van der Waals surface area contributed by atoms with E-state index in [4.69, 9.17) is 11.5 Å². The fraction of sp³-hybridized carbons (Fsp3) is 0.375. The van der Waals surface area contributed by atoms with Gasteiger partial charge < -0.3 is 21.3 Å². The molecule has 172 valence electrons. The predicted octanol–water partition coefficient (Wildman–Crippen LogP) is 2.13. The maximum atomic E-state index is 15.0. The van der Waals surface area contributed by atoms with Crippen molar-refractivity contribution in [2.45, 2.75) is 24.8 Å². The number of nitrogen functional groups attached to an aromatic ring is 1. The number of nitrogens with zero attached hydrogens (tertiary/aromatic N) is 4. The normalized spacial score (nSPS) is 17.8. The summed E-state index contributed by atoms with van der Waals surface area (Å²) in [5.41, 5.74) is 13.7. The van der Waals surface area contributed by atoms with E-state index in [2.05, 4.69) is 5.10 Å². The molecule has 1 aliphatic carbocycles. The molecule has 2 amide bonds. The lowest BCUT2D eigenvalue weighted by Crippen LogP contribution is -2.62. The highest BCUT2D eigenvalue weighted by molar-refractivity contribution is 5.96. The third kappa shape index (κ3) is 3.62. The number of rotatable bonds is 3. The molecule has 3 aromatic rings. The zero-order chi connectivity index (χ0) is 23.3. The number of aromatic nitrogens is 2. The Labute approximate surface area is 190 Å². The summed E-state index contributed by atoms with van der Waals surface area (Å²) in [6, 6.07) is 10.3. The van der Waals surface area contributed by atoms with Gasteiger partial charge >= 0.3 is 0 Å². The highest BCUT2D eigenvalue weighted by Gasteiger charge is 2.43. The molecule has 5 rings (SSSR count). The fourth-order valence-corrected chi connectivity index (χ4v) is 4.71. The van der Waals surface area contributed by atoms with Crippen LogP contribution in [0.25, 0.3) is 22.0 Å². The van der Waals surface area contributed by atoms with E-state index in [0.29, 0.717) is 50.4 Å². The van der Waals surface area contributed by atoms with Gasteiger partial charge in [-0.25, -0.2) is 4.39 Å². The second-order valence-corrected chi connectivity index (χ2v) is 9.03. The van der Waals surface area contributed by atoms with Crippen LogP contribution < -0.4 is 11.5 Å². The minimum absolute atomic E-state index is 0.0229. The molecule has 2 aliphatic rings. The van der Waals surface area contributed by atoms with E-state index in [1.54, 1.807) is 20.5 Å². The van der Waals surface area contributed by atoms with Crippen molar-refractivity contribution in [2.75, 3.05) is 31.9 Å². The van der Waals surface area contributed by atoms with Crippen LogP contribution in [0.15, 0.2) is 36.4 Å². The molecule has 2 fully saturated rings. The van der Waals surface area contributed by atoms with Crippen molar-refractivity contribution in [3.63, 3.8) is 0 Å². The van der Waals surface area contributed by atoms with Gasteiger partial charge in [-0.05, 0) is 54.7 Å². The number of piperazine rings is 1. The van der Waals surface area contributed by atoms with Gasteiger partial charge in [-0.1, -0.05) is 12.1 Å². The molecule has 0 spiro atoms. The van der Waals surface area contributed by atoms with Crippen LogP contribution in [0, 0.1) is 5.82 Å². The Morgan fingerprint density at radius 2 is 1.64 bits per heavy atom. The standard InChI is InChI=1S/C24H27FN6O2/c1-29-20-6-4-15(13-18(20)21(26)28-29)16-3-5-17(19(25)14-16)22(32)30-9-11-31(12-10-30)23(33)24(27)7-2-8-24/h3-6,13-14H,2,7-12,27H2,1H3,(H2,26,28). The van der Waals surface area contributed by atoms with Crippen LogP contribution in [0.5, 0.6) is 0 Å². The number of nitrogens with two attached hydrogens (primary N) is 2. The first kappa shape index (κ1) is 21.4. The topological polar surface area (TPSA) is 110 Å². The van der Waals surface area contributed by atoms with Crippen molar-refractivity contribution in [3.8, 4) is 11.1 Å². The van der Waals surface area contributed by atoms with Crippen LogP contribution in [0.1, 0.15) is 29.6 Å². The maximum Gasteiger partial charge on any atom is 0.256 e. The zero-order valence-electron chi connectivity index (χ0n) is 18.6. The van der Waals surface area contributed by atoms with Gasteiger partial charge in [-0.2, -0.15) is 5.10 Å². The van der Waals surface area contributed by atoms with Gasteiger partial charge in [0.2, 0.25) is 5.91 Å². The quantitative estimate of drug-likeness (QED) is 0.635. The number of halogens is 1. The molecule has 33 heavy (non-hydrogen) atoms. The zero-order valence-corrected chi connectivity index (χ0v) is 18.6. The lowest BCUT2D eigenvalue weighted by molar-refractivity contribution is -0.141. The number of carbonyl (C=O) groups excluding carboxylic acids is 2. The van der Waals surface area contributed by atoms with Crippen molar-refractivity contribution in [1.29, 1.82) is 0 Å². The summed E-state index contributed by atoms with van der Waals surface area (Å²) >= 11 is 0. The molecule has 8 nitrogen and oxygen atoms in total. The minimum atomic E-state index is -0.738. The van der Waals surface area contributed by atoms with E-state index in [-0.39, 0.29) is 17.4 Å². The van der Waals surface area contributed by atoms with Crippen molar-refractivity contribution in [2.24, 2.45) is 12.8 Å². The minimum Gasteiger partial charge on any atom is -0.382 e. The van der Waals surface area contributed by atoms with Crippen LogP contribution in [0.2, 0.25) is 0 Å². The predicted molar refractivity (Wildman–Crippen MR) is 124 cm³/mol. The van der Waals surface area contributed by atoms with E-state index in [0.717, 1.165) is 22.9 Å². The second-order valence-electron chi connectivity index (χ2n) is 9.03. The van der Waals surface area contributed by atoms with E-state index in [1.807, 2.05) is 25.2 Å². The van der Waals surface area contributed by atoms with Crippen LogP contribution >= 0.6 is 0 Å². The van der Waals surface area contributed by atoms with Crippen molar-refractivity contribution in [3.05, 3.63) is 47.8 Å². The molecule has 1 aliphatic heterocycles. The molecule has 2 aromatic carbocycles. The number of fused-ring (bicyclic) bond motifs is 1. The van der Waals surface area contributed by atoms with Gasteiger partial charge in [0.15, 0.2) is 5.82 Å². The van der Waals surface area contributed by atoms with E-state index >= 15 is 0 Å². The summed E-state index contributed by atoms with van der Waals surface area (Å²) in [4.78, 5) is 28.9. The molecule has 1 aromatic heterocycles. The van der Waals surface area contributed by atoms with Gasteiger partial charge in [0.1, 0.15) is 5.82 Å². The first-order valence-corrected chi connectivity index (χ1v) is 11.2. The van der Waals surface area contributed by atoms with Gasteiger partial charge in [0.25, 0.3) is 5.91 Å². The average Bonchev–Trinajstić information content (AvgIpc) is 3.09. The molecule has 2 heterocycles. The van der Waals surface area contributed by atoms with Crippen LogP contribution in [0.3, 0.4) is 0 Å². The Balaban J connectivity index is 1.30. The van der Waals surface area contributed by atoms with Gasteiger partial charge in [0, 0.05) is 38.6 Å². The number of hydrogen-bond acceptors (Lipinski definition) is 5. The van der Waals surface area contributed by atoms with Crippen molar-refractivity contribution >= 4 is 28.5 Å². The number of benzene rings is 2. The number of amides is 2. The highest BCUT2D eigenvalue weighted by Crippen LogP contribution is 2.32. The first-order valence-electron chi connectivity index (χ1n) is 11.2. The van der Waals surface area contributed by atoms with Gasteiger partial charge in [0.05, 0.1) is 16.6 Å². The lowest BCUT2D eigenvalue weighted by Gasteiger charge is -2.43. The molecular formula is C24H27FN6O2. The smallest absolute Gasteiger partial charge is 0.256 e. The van der Waals surface area contributed by atoms with Crippen LogP contribution in [-0.2, 0) is 11.8 Å². The Kier molecular flexibility index (Phi) is 5.08. The van der Waals surface area contributed by atoms with E-state index < -0.39 is 11.4 Å². The van der Waals surface area contributed by atoms with Crippen LogP contribution in [0.4, 0.5) is 10.2 Å². The fourth-order valence-electron chi connectivity index (χ4n) is 4.71. The number of carbonyl (C=O) groups is 2. The largest absolute Gasteiger partial charge is 0.382 e. The monoisotopic (exact) mass is 450 g/mol. The number of hydrogen-bond donors (Lipinski definition) is 2. The van der Waals surface area contributed by atoms with Crippen molar-refractivity contribution in [1.82, 2.24) is 19.6 Å². The average molecular weight is 451 g/mol. The number of anilines is 1. The third-order valence-electron chi connectivity index (χ3n) is 6.94. The molecule has 0 radical (unpaired) electrons. The summed E-state index contributed by atoms with van der Waals surface area (Å²) in [6.07, 6.45) is 2.39. The van der Waals surface area contributed by atoms with Crippen molar-refractivity contribution < 1.29 is 14.0 Å². The molecule has 1 saturated carbocycles. The highest BCUT2D eigenvalue weighted by atomic mass is 19.1. The second kappa shape index (κ2) is 7.84. The van der Waals surface area contributed by atoms with Gasteiger partial charge in [-0.3, -0.25) is 14.3 Å². The third-order valence-corrected chi connectivity index (χ3v) is 6.94. The first-order chi connectivity index (χ1) is 15.8. The Hall–Kier alpha value is -3.46. The molecule has 0 bridgehead atoms.